The van der Waals surface area contributed by atoms with E-state index in [0.717, 1.165) is 59.2 Å². The minimum Gasteiger partial charge on any atom is -0.349 e. The normalized spacial score (nSPS) is 16.5. The first kappa shape index (κ1) is 23.9. The van der Waals surface area contributed by atoms with Crippen LogP contribution in [0.2, 0.25) is 0 Å². The smallest absolute Gasteiger partial charge is 0.349 e. The highest BCUT2D eigenvalue weighted by molar-refractivity contribution is 7.89. The molecule has 32 heavy (non-hydrogen) atoms. The number of benzene rings is 2. The van der Waals surface area contributed by atoms with Crippen molar-refractivity contribution in [2.45, 2.75) is 42.8 Å². The second kappa shape index (κ2) is 9.41. The number of nitrogens with zero attached hydrogens (tertiary/aromatic N) is 1. The van der Waals surface area contributed by atoms with Crippen molar-refractivity contribution in [3.05, 3.63) is 64.7 Å². The minimum absolute atomic E-state index is 0.146. The second-order valence-electron chi connectivity index (χ2n) is 7.69. The summed E-state index contributed by atoms with van der Waals surface area (Å²) in [5.74, 6) is -0.367. The fraction of sp³-hybridized carbons (Fsp3) is 0.364. The van der Waals surface area contributed by atoms with Crippen molar-refractivity contribution in [3.8, 4) is 0 Å². The molecule has 2 aromatic carbocycles. The lowest BCUT2D eigenvalue weighted by molar-refractivity contribution is -0.137. The molecule has 6 nitrogen and oxygen atoms in total. The van der Waals surface area contributed by atoms with Crippen molar-refractivity contribution in [3.63, 3.8) is 0 Å². The Balaban J connectivity index is 1.64. The summed E-state index contributed by atoms with van der Waals surface area (Å²) in [6.07, 6.45) is -1.67. The van der Waals surface area contributed by atoms with Crippen LogP contribution in [0.5, 0.6) is 0 Å². The monoisotopic (exact) mass is 468 g/mol. The maximum atomic E-state index is 12.9. The molecule has 0 aromatic heterocycles. The molecule has 1 amide bonds. The molecule has 0 saturated carbocycles. The second-order valence-corrected chi connectivity index (χ2v) is 9.74. The van der Waals surface area contributed by atoms with Gasteiger partial charge >= 0.3 is 6.18 Å². The lowest BCUT2D eigenvalue weighted by Gasteiger charge is -2.27. The lowest BCUT2D eigenvalue weighted by atomic mass is 9.86. The Labute approximate surface area is 184 Å². The Hall–Kier alpha value is -2.72. The summed E-state index contributed by atoms with van der Waals surface area (Å²) in [5.41, 5.74) is 1.44. The van der Waals surface area contributed by atoms with Gasteiger partial charge in [0.2, 0.25) is 15.9 Å². The summed E-state index contributed by atoms with van der Waals surface area (Å²) >= 11 is 0. The molecule has 0 radical (unpaired) electrons. The number of carbonyl (C=O) groups is 2. The molecule has 1 N–H and O–H groups in total. The summed E-state index contributed by atoms with van der Waals surface area (Å²) in [7, 11) is -2.96. The lowest BCUT2D eigenvalue weighted by Crippen LogP contribution is -2.35. The number of alkyl halides is 3. The number of hydrogen-bond donors (Lipinski definition) is 1. The molecule has 10 heteroatoms. The predicted molar refractivity (Wildman–Crippen MR) is 112 cm³/mol. The van der Waals surface area contributed by atoms with Crippen molar-refractivity contribution in [2.75, 3.05) is 13.6 Å². The van der Waals surface area contributed by atoms with Crippen LogP contribution in [0.4, 0.5) is 13.2 Å². The molecule has 0 bridgehead atoms. The van der Waals surface area contributed by atoms with E-state index in [1.165, 1.54) is 7.05 Å². The standard InChI is InChI=1S/C22H23F3N2O4S/c1-27(32(30,31)18-6-3-5-17(13-18)22(23,24)25)11-10-21(29)26-20-7-2-4-16-12-15(14-28)8-9-19(16)20/h3,5-6,8-9,12-14,20H,2,4,7,10-11H2,1H3,(H,26,29). The summed E-state index contributed by atoms with van der Waals surface area (Å²) < 4.78 is 64.8. The summed E-state index contributed by atoms with van der Waals surface area (Å²) in [4.78, 5) is 22.9. The van der Waals surface area contributed by atoms with Crippen molar-refractivity contribution in [1.29, 1.82) is 0 Å². The number of amides is 1. The average Bonchev–Trinajstić information content (AvgIpc) is 2.76. The first-order chi connectivity index (χ1) is 15.0. The van der Waals surface area contributed by atoms with Gasteiger partial charge < -0.3 is 5.32 Å². The zero-order valence-electron chi connectivity index (χ0n) is 17.4. The number of aldehydes is 1. The van der Waals surface area contributed by atoms with Gasteiger partial charge in [-0.3, -0.25) is 9.59 Å². The zero-order chi connectivity index (χ0) is 23.5. The highest BCUT2D eigenvalue weighted by Gasteiger charge is 2.32. The minimum atomic E-state index is -4.66. The van der Waals surface area contributed by atoms with Crippen molar-refractivity contribution < 1.29 is 31.2 Å². The first-order valence-corrected chi connectivity index (χ1v) is 11.5. The molecule has 3 rings (SSSR count). The number of fused-ring (bicyclic) bond motifs is 1. The Bertz CT molecular complexity index is 1120. The van der Waals surface area contributed by atoms with Gasteiger partial charge in [-0.2, -0.15) is 13.2 Å². The maximum Gasteiger partial charge on any atom is 0.416 e. The topological polar surface area (TPSA) is 83.6 Å². The van der Waals surface area contributed by atoms with E-state index in [9.17, 15) is 31.2 Å². The van der Waals surface area contributed by atoms with Crippen molar-refractivity contribution in [1.82, 2.24) is 9.62 Å². The van der Waals surface area contributed by atoms with Crippen molar-refractivity contribution >= 4 is 22.2 Å². The summed E-state index contributed by atoms with van der Waals surface area (Å²) in [5, 5.41) is 2.89. The van der Waals surface area contributed by atoms with Gasteiger partial charge in [-0.15, -0.1) is 0 Å². The van der Waals surface area contributed by atoms with E-state index in [-0.39, 0.29) is 24.9 Å². The molecule has 0 heterocycles. The summed E-state index contributed by atoms with van der Waals surface area (Å²) in [6, 6.07) is 8.57. The van der Waals surface area contributed by atoms with Crippen LogP contribution < -0.4 is 5.32 Å². The fourth-order valence-corrected chi connectivity index (χ4v) is 4.93. The fourth-order valence-electron chi connectivity index (χ4n) is 3.72. The number of nitrogens with one attached hydrogen (secondary N) is 1. The van der Waals surface area contributed by atoms with Gasteiger partial charge in [0.05, 0.1) is 16.5 Å². The maximum absolute atomic E-state index is 12.9. The van der Waals surface area contributed by atoms with E-state index in [2.05, 4.69) is 5.32 Å². The van der Waals surface area contributed by atoms with Gasteiger partial charge in [-0.25, -0.2) is 12.7 Å². The highest BCUT2D eigenvalue weighted by Crippen LogP contribution is 2.32. The molecule has 0 fully saturated rings. The molecule has 0 saturated heterocycles. The third-order valence-electron chi connectivity index (χ3n) is 5.48. The van der Waals surface area contributed by atoms with Crippen LogP contribution >= 0.6 is 0 Å². The van der Waals surface area contributed by atoms with Crippen LogP contribution in [0, 0.1) is 0 Å². The number of carbonyl (C=O) groups excluding carboxylic acids is 2. The van der Waals surface area contributed by atoms with E-state index < -0.39 is 26.7 Å². The van der Waals surface area contributed by atoms with Crippen LogP contribution in [0.25, 0.3) is 0 Å². The van der Waals surface area contributed by atoms with Gasteiger partial charge in [-0.05, 0) is 54.7 Å². The molecular formula is C22H23F3N2O4S. The Kier molecular flexibility index (Phi) is 7.04. The molecular weight excluding hydrogens is 445 g/mol. The number of aryl methyl sites for hydroxylation is 1. The SMILES string of the molecule is CN(CCC(=O)NC1CCCc2cc(C=O)ccc21)S(=O)(=O)c1cccc(C(F)(F)F)c1. The van der Waals surface area contributed by atoms with Gasteiger partial charge in [0.25, 0.3) is 0 Å². The molecule has 0 aliphatic heterocycles. The zero-order valence-corrected chi connectivity index (χ0v) is 18.2. The number of hydrogen-bond acceptors (Lipinski definition) is 4. The van der Waals surface area contributed by atoms with Crippen LogP contribution in [0.1, 0.15) is 52.4 Å². The molecule has 1 unspecified atom stereocenters. The third kappa shape index (κ3) is 5.36. The predicted octanol–water partition coefficient (Wildman–Crippen LogP) is 3.72. The average molecular weight is 468 g/mol. The van der Waals surface area contributed by atoms with Gasteiger partial charge in [0.15, 0.2) is 0 Å². The summed E-state index contributed by atoms with van der Waals surface area (Å²) in [6.45, 7) is -0.186. The van der Waals surface area contributed by atoms with Gasteiger partial charge in [-0.1, -0.05) is 18.2 Å². The Morgan fingerprint density at radius 1 is 1.22 bits per heavy atom. The van der Waals surface area contributed by atoms with Crippen LogP contribution in [-0.2, 0) is 27.4 Å². The van der Waals surface area contributed by atoms with E-state index in [0.29, 0.717) is 11.6 Å². The Morgan fingerprint density at radius 2 is 1.97 bits per heavy atom. The van der Waals surface area contributed by atoms with Crippen molar-refractivity contribution in [2.24, 2.45) is 0 Å². The largest absolute Gasteiger partial charge is 0.416 e. The third-order valence-corrected chi connectivity index (χ3v) is 7.33. The molecule has 172 valence electrons. The number of sulfonamides is 1. The van der Waals surface area contributed by atoms with Crippen LogP contribution in [0.15, 0.2) is 47.4 Å². The van der Waals surface area contributed by atoms with Gasteiger partial charge in [0, 0.05) is 25.6 Å². The first-order valence-electron chi connectivity index (χ1n) is 10.0. The Morgan fingerprint density at radius 3 is 2.66 bits per heavy atom. The van der Waals surface area contributed by atoms with E-state index in [1.54, 1.807) is 12.1 Å². The van der Waals surface area contributed by atoms with E-state index in [1.807, 2.05) is 6.07 Å². The van der Waals surface area contributed by atoms with E-state index >= 15 is 0 Å². The molecule has 1 aliphatic rings. The van der Waals surface area contributed by atoms with E-state index in [4.69, 9.17) is 0 Å². The van der Waals surface area contributed by atoms with Crippen LogP contribution in [-0.4, -0.2) is 38.5 Å². The molecule has 0 spiro atoms. The highest BCUT2D eigenvalue weighted by atomic mass is 32.2. The molecule has 1 aliphatic carbocycles. The number of halogens is 3. The van der Waals surface area contributed by atoms with Crippen LogP contribution in [0.3, 0.4) is 0 Å². The molecule has 1 atom stereocenters. The van der Waals surface area contributed by atoms with Gasteiger partial charge in [0.1, 0.15) is 6.29 Å². The molecule has 2 aromatic rings. The quantitative estimate of drug-likeness (QED) is 0.628. The number of rotatable bonds is 7.